The van der Waals surface area contributed by atoms with Crippen LogP contribution in [0.25, 0.3) is 0 Å². The number of hydrogen-bond donors (Lipinski definition) is 1. The van der Waals surface area contributed by atoms with Crippen LogP contribution in [0.3, 0.4) is 0 Å². The van der Waals surface area contributed by atoms with Crippen molar-refractivity contribution in [3.8, 4) is 5.75 Å². The molecule has 20 heavy (non-hydrogen) atoms. The Bertz CT molecular complexity index is 614. The summed E-state index contributed by atoms with van der Waals surface area (Å²) in [4.78, 5) is 10.0. The maximum Gasteiger partial charge on any atom is 0.272 e. The van der Waals surface area contributed by atoms with E-state index in [4.69, 9.17) is 10.5 Å². The van der Waals surface area contributed by atoms with E-state index >= 15 is 0 Å². The normalized spacial score (nSPS) is 10.3. The van der Waals surface area contributed by atoms with Crippen LogP contribution in [0.15, 0.2) is 42.5 Å². The Morgan fingerprint density at radius 2 is 1.85 bits per heavy atom. The molecule has 0 heterocycles. The Morgan fingerprint density at radius 1 is 1.15 bits per heavy atom. The molecule has 0 radical (unpaired) electrons. The molecule has 0 amide bonds. The van der Waals surface area contributed by atoms with E-state index in [1.807, 2.05) is 12.1 Å². The lowest BCUT2D eigenvalue weighted by atomic mass is 10.2. The first-order chi connectivity index (χ1) is 9.58. The van der Waals surface area contributed by atoms with E-state index in [9.17, 15) is 14.5 Å². The molecule has 2 rings (SSSR count). The van der Waals surface area contributed by atoms with Gasteiger partial charge in [0.15, 0.2) is 0 Å². The standard InChI is InChI=1S/C14H13FN2O3/c15-12-5-11(6-13(7-12)17(18)19)9-20-14-3-1-10(8-16)2-4-14/h1-7H,8-9,16H2. The topological polar surface area (TPSA) is 78.4 Å². The molecular weight excluding hydrogens is 263 g/mol. The number of benzene rings is 2. The lowest BCUT2D eigenvalue weighted by Gasteiger charge is -2.07. The summed E-state index contributed by atoms with van der Waals surface area (Å²) in [7, 11) is 0. The van der Waals surface area contributed by atoms with Gasteiger partial charge in [0.25, 0.3) is 5.69 Å². The molecule has 0 aliphatic rings. The number of non-ortho nitro benzene ring substituents is 1. The van der Waals surface area contributed by atoms with Crippen molar-refractivity contribution in [2.45, 2.75) is 13.2 Å². The van der Waals surface area contributed by atoms with Crippen LogP contribution in [0.4, 0.5) is 10.1 Å². The van der Waals surface area contributed by atoms with E-state index in [1.54, 1.807) is 12.1 Å². The highest BCUT2D eigenvalue weighted by Crippen LogP contribution is 2.19. The molecule has 2 aromatic rings. The number of ether oxygens (including phenoxy) is 1. The summed E-state index contributed by atoms with van der Waals surface area (Å²) in [5.74, 6) is -0.0645. The zero-order chi connectivity index (χ0) is 14.5. The quantitative estimate of drug-likeness (QED) is 0.672. The maximum atomic E-state index is 13.2. The smallest absolute Gasteiger partial charge is 0.272 e. The van der Waals surface area contributed by atoms with Crippen molar-refractivity contribution < 1.29 is 14.1 Å². The van der Waals surface area contributed by atoms with Gasteiger partial charge in [-0.1, -0.05) is 12.1 Å². The molecule has 0 aliphatic carbocycles. The molecule has 0 aromatic heterocycles. The molecule has 5 nitrogen and oxygen atoms in total. The van der Waals surface area contributed by atoms with Crippen molar-refractivity contribution in [2.24, 2.45) is 5.73 Å². The minimum absolute atomic E-state index is 0.0561. The lowest BCUT2D eigenvalue weighted by molar-refractivity contribution is -0.385. The van der Waals surface area contributed by atoms with Crippen LogP contribution in [-0.2, 0) is 13.2 Å². The van der Waals surface area contributed by atoms with Crippen LogP contribution < -0.4 is 10.5 Å². The molecule has 0 saturated heterocycles. The number of nitrogens with zero attached hydrogens (tertiary/aromatic N) is 1. The molecule has 6 heteroatoms. The highest BCUT2D eigenvalue weighted by atomic mass is 19.1. The van der Waals surface area contributed by atoms with Gasteiger partial charge in [-0.25, -0.2) is 4.39 Å². The molecule has 0 atom stereocenters. The van der Waals surface area contributed by atoms with Crippen LogP contribution >= 0.6 is 0 Å². The van der Waals surface area contributed by atoms with Crippen molar-refractivity contribution in [3.05, 3.63) is 69.5 Å². The third-order valence-electron chi connectivity index (χ3n) is 2.72. The van der Waals surface area contributed by atoms with Gasteiger partial charge < -0.3 is 10.5 Å². The van der Waals surface area contributed by atoms with Crippen LogP contribution in [0.5, 0.6) is 5.75 Å². The average Bonchev–Trinajstić information content (AvgIpc) is 2.45. The van der Waals surface area contributed by atoms with Crippen molar-refractivity contribution >= 4 is 5.69 Å². The van der Waals surface area contributed by atoms with E-state index in [0.29, 0.717) is 17.9 Å². The average molecular weight is 276 g/mol. The van der Waals surface area contributed by atoms with E-state index in [1.165, 1.54) is 12.1 Å². The molecule has 0 bridgehead atoms. The number of hydrogen-bond acceptors (Lipinski definition) is 4. The Balaban J connectivity index is 2.08. The largest absolute Gasteiger partial charge is 0.489 e. The summed E-state index contributed by atoms with van der Waals surface area (Å²) >= 11 is 0. The fourth-order valence-corrected chi connectivity index (χ4v) is 1.71. The highest BCUT2D eigenvalue weighted by molar-refractivity contribution is 5.35. The molecular formula is C14H13FN2O3. The van der Waals surface area contributed by atoms with Crippen molar-refractivity contribution in [1.82, 2.24) is 0 Å². The van der Waals surface area contributed by atoms with E-state index < -0.39 is 10.7 Å². The summed E-state index contributed by atoms with van der Waals surface area (Å²) in [6.45, 7) is 0.497. The highest BCUT2D eigenvalue weighted by Gasteiger charge is 2.10. The predicted molar refractivity (Wildman–Crippen MR) is 71.7 cm³/mol. The molecule has 0 unspecified atom stereocenters. The number of nitro groups is 1. The Kier molecular flexibility index (Phi) is 4.27. The first-order valence-electron chi connectivity index (χ1n) is 5.94. The van der Waals surface area contributed by atoms with Crippen molar-refractivity contribution in [3.63, 3.8) is 0 Å². The number of nitro benzene ring substituents is 1. The van der Waals surface area contributed by atoms with E-state index in [2.05, 4.69) is 0 Å². The Hall–Kier alpha value is -2.47. The Labute approximate surface area is 114 Å². The summed E-state index contributed by atoms with van der Waals surface area (Å²) < 4.78 is 18.7. The maximum absolute atomic E-state index is 13.2. The number of nitrogens with two attached hydrogens (primary N) is 1. The minimum atomic E-state index is -0.656. The van der Waals surface area contributed by atoms with Crippen LogP contribution in [0, 0.1) is 15.9 Å². The third-order valence-corrected chi connectivity index (χ3v) is 2.72. The summed E-state index contributed by atoms with van der Waals surface area (Å²) in [6.07, 6.45) is 0. The zero-order valence-corrected chi connectivity index (χ0v) is 10.6. The molecule has 0 fully saturated rings. The van der Waals surface area contributed by atoms with Crippen LogP contribution in [-0.4, -0.2) is 4.92 Å². The Morgan fingerprint density at radius 3 is 2.45 bits per heavy atom. The van der Waals surface area contributed by atoms with Crippen molar-refractivity contribution in [2.75, 3.05) is 0 Å². The second-order valence-electron chi connectivity index (χ2n) is 4.21. The fourth-order valence-electron chi connectivity index (χ4n) is 1.71. The first-order valence-corrected chi connectivity index (χ1v) is 5.94. The predicted octanol–water partition coefficient (Wildman–Crippen LogP) is 2.77. The van der Waals surface area contributed by atoms with Gasteiger partial charge in [0, 0.05) is 12.6 Å². The van der Waals surface area contributed by atoms with Gasteiger partial charge in [-0.05, 0) is 29.3 Å². The van der Waals surface area contributed by atoms with Gasteiger partial charge in [-0.15, -0.1) is 0 Å². The molecule has 2 aromatic carbocycles. The van der Waals surface area contributed by atoms with Gasteiger partial charge in [-0.2, -0.15) is 0 Å². The fraction of sp³-hybridized carbons (Fsp3) is 0.143. The summed E-state index contributed by atoms with van der Waals surface area (Å²) in [6, 6.07) is 10.5. The molecule has 2 N–H and O–H groups in total. The van der Waals surface area contributed by atoms with Gasteiger partial charge >= 0.3 is 0 Å². The second-order valence-corrected chi connectivity index (χ2v) is 4.21. The van der Waals surface area contributed by atoms with Gasteiger partial charge in [-0.3, -0.25) is 10.1 Å². The van der Waals surface area contributed by atoms with Gasteiger partial charge in [0.05, 0.1) is 11.0 Å². The third kappa shape index (κ3) is 3.52. The second kappa shape index (κ2) is 6.12. The van der Waals surface area contributed by atoms with Crippen LogP contribution in [0.1, 0.15) is 11.1 Å². The van der Waals surface area contributed by atoms with E-state index in [0.717, 1.165) is 11.6 Å². The summed E-state index contributed by atoms with van der Waals surface area (Å²) in [5.41, 5.74) is 6.56. The van der Waals surface area contributed by atoms with E-state index in [-0.39, 0.29) is 12.3 Å². The first kappa shape index (κ1) is 14.0. The van der Waals surface area contributed by atoms with Crippen LogP contribution in [0.2, 0.25) is 0 Å². The van der Waals surface area contributed by atoms with Crippen molar-refractivity contribution in [1.29, 1.82) is 0 Å². The minimum Gasteiger partial charge on any atom is -0.489 e. The molecule has 0 aliphatic heterocycles. The molecule has 0 spiro atoms. The summed E-state index contributed by atoms with van der Waals surface area (Å²) in [5, 5.41) is 10.6. The SMILES string of the molecule is NCc1ccc(OCc2cc(F)cc([N+](=O)[O-])c2)cc1. The molecule has 0 saturated carbocycles. The van der Waals surface area contributed by atoms with Gasteiger partial charge in [0.1, 0.15) is 18.2 Å². The number of halogens is 1. The number of rotatable bonds is 5. The zero-order valence-electron chi connectivity index (χ0n) is 10.6. The lowest BCUT2D eigenvalue weighted by Crippen LogP contribution is -1.99. The monoisotopic (exact) mass is 276 g/mol. The van der Waals surface area contributed by atoms with Gasteiger partial charge in [0.2, 0.25) is 0 Å². The molecule has 104 valence electrons.